The van der Waals surface area contributed by atoms with Crippen LogP contribution in [0.3, 0.4) is 0 Å². The van der Waals surface area contributed by atoms with Gasteiger partial charge in [0.05, 0.1) is 18.7 Å². The van der Waals surface area contributed by atoms with E-state index in [-0.39, 0.29) is 5.76 Å². The summed E-state index contributed by atoms with van der Waals surface area (Å²) < 4.78 is 9.33. The van der Waals surface area contributed by atoms with Gasteiger partial charge in [-0.25, -0.2) is 9.59 Å². The van der Waals surface area contributed by atoms with E-state index in [1.54, 1.807) is 12.1 Å². The van der Waals surface area contributed by atoms with Crippen molar-refractivity contribution >= 4 is 23.5 Å². The number of rotatable bonds is 3. The first-order valence-corrected chi connectivity index (χ1v) is 5.14. The lowest BCUT2D eigenvalue weighted by molar-refractivity contribution is -0.135. The van der Waals surface area contributed by atoms with E-state index in [2.05, 4.69) is 4.74 Å². The Morgan fingerprint density at radius 1 is 1.24 bits per heavy atom. The van der Waals surface area contributed by atoms with Crippen molar-refractivity contribution in [1.82, 2.24) is 0 Å². The molecule has 0 bridgehead atoms. The molecule has 0 atom stereocenters. The lowest BCUT2D eigenvalue weighted by Gasteiger charge is -2.04. The van der Waals surface area contributed by atoms with E-state index >= 15 is 0 Å². The summed E-state index contributed by atoms with van der Waals surface area (Å²) in [7, 11) is 1.24. The number of carbonyl (C=O) groups excluding carboxylic acids is 2. The van der Waals surface area contributed by atoms with Gasteiger partial charge in [-0.1, -0.05) is 11.6 Å². The number of hydrogen-bond donors (Lipinski definition) is 0. The van der Waals surface area contributed by atoms with Gasteiger partial charge in [0.15, 0.2) is 0 Å². The van der Waals surface area contributed by atoms with Crippen LogP contribution in [-0.2, 0) is 14.3 Å². The first kappa shape index (κ1) is 13.3. The third kappa shape index (κ3) is 4.28. The van der Waals surface area contributed by atoms with Crippen molar-refractivity contribution in [2.75, 3.05) is 7.11 Å². The monoisotopic (exact) mass is 254 g/mol. The molecule has 0 aromatic heterocycles. The Balaban J connectivity index is 2.69. The molecule has 0 fully saturated rings. The maximum atomic E-state index is 11.6. The molecule has 90 valence electrons. The van der Waals surface area contributed by atoms with Crippen LogP contribution >= 0.6 is 11.6 Å². The highest BCUT2D eigenvalue weighted by molar-refractivity contribution is 6.30. The minimum atomic E-state index is -0.577. The van der Waals surface area contributed by atoms with E-state index in [4.69, 9.17) is 16.3 Å². The predicted octanol–water partition coefficient (Wildman–Crippen LogP) is 2.57. The molecule has 1 rings (SSSR count). The van der Waals surface area contributed by atoms with E-state index in [1.165, 1.54) is 26.2 Å². The Labute approximate surface area is 104 Å². The van der Waals surface area contributed by atoms with Crippen molar-refractivity contribution in [1.29, 1.82) is 0 Å². The molecule has 0 aliphatic rings. The summed E-state index contributed by atoms with van der Waals surface area (Å²) in [5.41, 5.74) is 0.354. The molecule has 0 spiro atoms. The average molecular weight is 255 g/mol. The molecule has 4 nitrogen and oxygen atoms in total. The molecule has 0 unspecified atom stereocenters. The SMILES string of the molecule is COC(=O)/C=C(/C)OC(=O)c1ccc(Cl)cc1. The second-order valence-electron chi connectivity index (χ2n) is 3.17. The van der Waals surface area contributed by atoms with Gasteiger partial charge in [0.25, 0.3) is 0 Å². The zero-order valence-electron chi connectivity index (χ0n) is 9.40. The number of carbonyl (C=O) groups is 2. The summed E-state index contributed by atoms with van der Waals surface area (Å²) in [4.78, 5) is 22.5. The van der Waals surface area contributed by atoms with Crippen LogP contribution in [0.25, 0.3) is 0 Å². The van der Waals surface area contributed by atoms with Crippen molar-refractivity contribution in [2.24, 2.45) is 0 Å². The highest BCUT2D eigenvalue weighted by atomic mass is 35.5. The number of allylic oxidation sites excluding steroid dienone is 1. The summed E-state index contributed by atoms with van der Waals surface area (Å²) >= 11 is 5.69. The van der Waals surface area contributed by atoms with E-state index in [0.717, 1.165) is 6.08 Å². The Hall–Kier alpha value is -1.81. The Morgan fingerprint density at radius 2 is 1.82 bits per heavy atom. The molecule has 0 aliphatic heterocycles. The molecular weight excluding hydrogens is 244 g/mol. The fourth-order valence-electron chi connectivity index (χ4n) is 1.05. The molecule has 1 aromatic carbocycles. The first-order chi connectivity index (χ1) is 8.02. The summed E-state index contributed by atoms with van der Waals surface area (Å²) in [5.74, 6) is -0.970. The normalized spacial score (nSPS) is 10.9. The summed E-state index contributed by atoms with van der Waals surface area (Å²) in [6.45, 7) is 1.49. The number of halogens is 1. The van der Waals surface area contributed by atoms with Crippen LogP contribution in [0.15, 0.2) is 36.1 Å². The van der Waals surface area contributed by atoms with Gasteiger partial charge in [-0.2, -0.15) is 0 Å². The van der Waals surface area contributed by atoms with Gasteiger partial charge in [-0.3, -0.25) is 0 Å². The fourth-order valence-corrected chi connectivity index (χ4v) is 1.17. The minimum absolute atomic E-state index is 0.164. The summed E-state index contributed by atoms with van der Waals surface area (Å²) in [6, 6.07) is 6.24. The third-order valence-electron chi connectivity index (χ3n) is 1.86. The molecule has 0 saturated heterocycles. The summed E-state index contributed by atoms with van der Waals surface area (Å²) in [5, 5.41) is 0.531. The molecule has 0 heterocycles. The highest BCUT2D eigenvalue weighted by Crippen LogP contribution is 2.11. The lowest BCUT2D eigenvalue weighted by atomic mass is 10.2. The van der Waals surface area contributed by atoms with Crippen molar-refractivity contribution in [2.45, 2.75) is 6.92 Å². The van der Waals surface area contributed by atoms with Crippen LogP contribution in [0, 0.1) is 0 Å². The largest absolute Gasteiger partial charge is 0.466 e. The molecule has 0 amide bonds. The van der Waals surface area contributed by atoms with Crippen molar-refractivity contribution in [3.05, 3.63) is 46.7 Å². The van der Waals surface area contributed by atoms with Crippen LogP contribution in [0.5, 0.6) is 0 Å². The van der Waals surface area contributed by atoms with Gasteiger partial charge >= 0.3 is 11.9 Å². The molecule has 17 heavy (non-hydrogen) atoms. The van der Waals surface area contributed by atoms with Gasteiger partial charge in [0, 0.05) is 5.02 Å². The number of methoxy groups -OCH3 is 1. The van der Waals surface area contributed by atoms with E-state index in [0.29, 0.717) is 10.6 Å². The minimum Gasteiger partial charge on any atom is -0.466 e. The second kappa shape index (κ2) is 6.06. The molecule has 1 aromatic rings. The standard InChI is InChI=1S/C12H11ClO4/c1-8(7-11(14)16-2)17-12(15)9-3-5-10(13)6-4-9/h3-7H,1-2H3/b8-7-. The van der Waals surface area contributed by atoms with Gasteiger partial charge in [0.1, 0.15) is 5.76 Å². The van der Waals surface area contributed by atoms with E-state index in [9.17, 15) is 9.59 Å². The zero-order chi connectivity index (χ0) is 12.8. The van der Waals surface area contributed by atoms with Crippen molar-refractivity contribution in [3.63, 3.8) is 0 Å². The van der Waals surface area contributed by atoms with E-state index < -0.39 is 11.9 Å². The predicted molar refractivity (Wildman–Crippen MR) is 62.6 cm³/mol. The van der Waals surface area contributed by atoms with Crippen molar-refractivity contribution < 1.29 is 19.1 Å². The van der Waals surface area contributed by atoms with Gasteiger partial charge in [-0.15, -0.1) is 0 Å². The number of hydrogen-bond acceptors (Lipinski definition) is 4. The van der Waals surface area contributed by atoms with E-state index in [1.807, 2.05) is 0 Å². The average Bonchev–Trinajstić information content (AvgIpc) is 2.29. The number of benzene rings is 1. The maximum Gasteiger partial charge on any atom is 0.343 e. The van der Waals surface area contributed by atoms with Gasteiger partial charge in [0.2, 0.25) is 0 Å². The van der Waals surface area contributed by atoms with Gasteiger partial charge in [-0.05, 0) is 31.2 Å². The zero-order valence-corrected chi connectivity index (χ0v) is 10.2. The highest BCUT2D eigenvalue weighted by Gasteiger charge is 2.08. The van der Waals surface area contributed by atoms with Crippen LogP contribution < -0.4 is 0 Å². The Kier molecular flexibility index (Phi) is 4.72. The first-order valence-electron chi connectivity index (χ1n) is 4.77. The third-order valence-corrected chi connectivity index (χ3v) is 2.11. The quantitative estimate of drug-likeness (QED) is 0.473. The second-order valence-corrected chi connectivity index (χ2v) is 3.61. The molecule has 0 N–H and O–H groups in total. The maximum absolute atomic E-state index is 11.6. The Morgan fingerprint density at radius 3 is 2.35 bits per heavy atom. The fraction of sp³-hybridized carbons (Fsp3) is 0.167. The number of ether oxygens (including phenoxy) is 2. The van der Waals surface area contributed by atoms with Crippen molar-refractivity contribution in [3.8, 4) is 0 Å². The Bertz CT molecular complexity index is 448. The molecular formula is C12H11ClO4. The smallest absolute Gasteiger partial charge is 0.343 e. The van der Waals surface area contributed by atoms with Gasteiger partial charge < -0.3 is 9.47 Å². The van der Waals surface area contributed by atoms with Crippen LogP contribution in [-0.4, -0.2) is 19.0 Å². The molecule has 0 aliphatic carbocycles. The topological polar surface area (TPSA) is 52.6 Å². The van der Waals surface area contributed by atoms with Crippen LogP contribution in [0.2, 0.25) is 5.02 Å². The molecule has 0 radical (unpaired) electrons. The van der Waals surface area contributed by atoms with Crippen LogP contribution in [0.1, 0.15) is 17.3 Å². The number of esters is 2. The lowest BCUT2D eigenvalue weighted by Crippen LogP contribution is -2.05. The summed E-state index contributed by atoms with van der Waals surface area (Å²) in [6.07, 6.45) is 1.09. The molecule has 5 heteroatoms. The molecule has 0 saturated carbocycles. The van der Waals surface area contributed by atoms with Crippen LogP contribution in [0.4, 0.5) is 0 Å².